The first-order valence-electron chi connectivity index (χ1n) is 7.49. The summed E-state index contributed by atoms with van der Waals surface area (Å²) in [6.45, 7) is 0.579. The van der Waals surface area contributed by atoms with Crippen molar-refractivity contribution in [1.29, 1.82) is 0 Å². The van der Waals surface area contributed by atoms with Gasteiger partial charge in [0.05, 0.1) is 11.7 Å². The van der Waals surface area contributed by atoms with E-state index >= 15 is 0 Å². The van der Waals surface area contributed by atoms with Crippen molar-refractivity contribution in [3.63, 3.8) is 0 Å². The minimum absolute atomic E-state index is 0.00443. The van der Waals surface area contributed by atoms with Crippen molar-refractivity contribution in [2.45, 2.75) is 6.54 Å². The molecule has 0 unspecified atom stereocenters. The molecule has 5 heteroatoms. The molecule has 5 nitrogen and oxygen atoms in total. The van der Waals surface area contributed by atoms with Crippen LogP contribution in [0, 0.1) is 0 Å². The number of aromatic amines is 1. The highest BCUT2D eigenvalue weighted by Crippen LogP contribution is 2.17. The van der Waals surface area contributed by atoms with Gasteiger partial charge in [0, 0.05) is 44.3 Å². The number of aromatic nitrogens is 2. The van der Waals surface area contributed by atoms with E-state index in [1.165, 1.54) is 0 Å². The number of benzene rings is 2. The molecule has 0 radical (unpaired) electrons. The second-order valence-corrected chi connectivity index (χ2v) is 5.89. The van der Waals surface area contributed by atoms with E-state index in [9.17, 15) is 4.79 Å². The van der Waals surface area contributed by atoms with E-state index in [0.29, 0.717) is 12.1 Å². The largest absolute Gasteiger partial charge is 0.378 e. The Morgan fingerprint density at radius 3 is 2.52 bits per heavy atom. The second kappa shape index (κ2) is 6.12. The van der Waals surface area contributed by atoms with Crippen LogP contribution < -0.4 is 4.90 Å². The van der Waals surface area contributed by atoms with Crippen molar-refractivity contribution in [3.05, 3.63) is 59.8 Å². The zero-order chi connectivity index (χ0) is 16.4. The van der Waals surface area contributed by atoms with Gasteiger partial charge in [-0.05, 0) is 35.9 Å². The zero-order valence-corrected chi connectivity index (χ0v) is 13.6. The lowest BCUT2D eigenvalue weighted by atomic mass is 10.1. The van der Waals surface area contributed by atoms with Gasteiger partial charge < -0.3 is 9.80 Å². The minimum Gasteiger partial charge on any atom is -0.378 e. The number of nitrogens with zero attached hydrogens (tertiary/aromatic N) is 3. The summed E-state index contributed by atoms with van der Waals surface area (Å²) in [5, 5.41) is 7.82. The maximum Gasteiger partial charge on any atom is 0.253 e. The summed E-state index contributed by atoms with van der Waals surface area (Å²) in [5.41, 5.74) is 3.86. The van der Waals surface area contributed by atoms with Crippen molar-refractivity contribution >= 4 is 22.5 Å². The molecule has 0 saturated heterocycles. The molecule has 0 aliphatic heterocycles. The monoisotopic (exact) mass is 308 g/mol. The first-order valence-corrected chi connectivity index (χ1v) is 7.49. The molecule has 118 valence electrons. The van der Waals surface area contributed by atoms with Crippen LogP contribution >= 0.6 is 0 Å². The van der Waals surface area contributed by atoms with E-state index in [1.54, 1.807) is 11.1 Å². The number of fused-ring (bicyclic) bond motifs is 1. The Morgan fingerprint density at radius 1 is 1.09 bits per heavy atom. The van der Waals surface area contributed by atoms with Gasteiger partial charge in [0.25, 0.3) is 5.91 Å². The average molecular weight is 308 g/mol. The molecule has 1 amide bonds. The number of H-pyrrole nitrogens is 1. The van der Waals surface area contributed by atoms with Gasteiger partial charge in [-0.2, -0.15) is 5.10 Å². The molecule has 23 heavy (non-hydrogen) atoms. The van der Waals surface area contributed by atoms with Gasteiger partial charge in [0.15, 0.2) is 0 Å². The lowest BCUT2D eigenvalue weighted by Crippen LogP contribution is -2.26. The third-order valence-corrected chi connectivity index (χ3v) is 3.91. The highest BCUT2D eigenvalue weighted by molar-refractivity contribution is 5.97. The molecule has 0 saturated carbocycles. The standard InChI is InChI=1S/C18H20N4O/c1-21(2)16-7-4-13(5-8-16)12-22(3)18(23)14-6-9-17-15(10-14)11-19-20-17/h4-11H,12H2,1-3H3,(H,19,20). The smallest absolute Gasteiger partial charge is 0.253 e. The third kappa shape index (κ3) is 3.18. The molecule has 2 aromatic carbocycles. The maximum absolute atomic E-state index is 12.6. The topological polar surface area (TPSA) is 52.2 Å². The van der Waals surface area contributed by atoms with Crippen LogP contribution in [0.5, 0.6) is 0 Å². The van der Waals surface area contributed by atoms with Crippen molar-refractivity contribution in [3.8, 4) is 0 Å². The zero-order valence-electron chi connectivity index (χ0n) is 13.6. The number of anilines is 1. The van der Waals surface area contributed by atoms with Crippen LogP contribution in [0.2, 0.25) is 0 Å². The lowest BCUT2D eigenvalue weighted by molar-refractivity contribution is 0.0785. The van der Waals surface area contributed by atoms with Crippen molar-refractivity contribution in [2.75, 3.05) is 26.0 Å². The fraction of sp³-hybridized carbons (Fsp3) is 0.222. The number of carbonyl (C=O) groups is 1. The van der Waals surface area contributed by atoms with Crippen LogP contribution in [0.25, 0.3) is 10.9 Å². The minimum atomic E-state index is 0.00443. The van der Waals surface area contributed by atoms with E-state index in [2.05, 4.69) is 39.4 Å². The Kier molecular flexibility index (Phi) is 4.02. The Balaban J connectivity index is 1.73. The molecule has 0 fully saturated rings. The van der Waals surface area contributed by atoms with Crippen LogP contribution in [-0.2, 0) is 6.54 Å². The SMILES string of the molecule is CN(Cc1ccc(N(C)C)cc1)C(=O)c1ccc2[nH]ncc2c1. The van der Waals surface area contributed by atoms with Gasteiger partial charge in [-0.3, -0.25) is 9.89 Å². The van der Waals surface area contributed by atoms with Crippen LogP contribution in [-0.4, -0.2) is 42.1 Å². The molecule has 0 aliphatic rings. The summed E-state index contributed by atoms with van der Waals surface area (Å²) < 4.78 is 0. The second-order valence-electron chi connectivity index (χ2n) is 5.89. The number of amides is 1. The first kappa shape index (κ1) is 15.1. The van der Waals surface area contributed by atoms with Gasteiger partial charge in [-0.15, -0.1) is 0 Å². The van der Waals surface area contributed by atoms with E-state index in [1.807, 2.05) is 39.3 Å². The lowest BCUT2D eigenvalue weighted by Gasteiger charge is -2.18. The van der Waals surface area contributed by atoms with Gasteiger partial charge in [0.2, 0.25) is 0 Å². The van der Waals surface area contributed by atoms with Crippen LogP contribution in [0.1, 0.15) is 15.9 Å². The quantitative estimate of drug-likeness (QED) is 0.806. The summed E-state index contributed by atoms with van der Waals surface area (Å²) >= 11 is 0. The fourth-order valence-electron chi connectivity index (χ4n) is 2.54. The third-order valence-electron chi connectivity index (χ3n) is 3.91. The molecule has 0 bridgehead atoms. The predicted octanol–water partition coefficient (Wildman–Crippen LogP) is 2.90. The van der Waals surface area contributed by atoms with Crippen LogP contribution in [0.3, 0.4) is 0 Å². The normalized spacial score (nSPS) is 10.7. The van der Waals surface area contributed by atoms with E-state index in [0.717, 1.165) is 22.2 Å². The van der Waals surface area contributed by atoms with E-state index < -0.39 is 0 Å². The summed E-state index contributed by atoms with van der Waals surface area (Å²) in [6, 6.07) is 13.8. The van der Waals surface area contributed by atoms with E-state index in [4.69, 9.17) is 0 Å². The average Bonchev–Trinajstić information content (AvgIpc) is 3.02. The Hall–Kier alpha value is -2.82. The Morgan fingerprint density at radius 2 is 1.83 bits per heavy atom. The molecule has 1 heterocycles. The van der Waals surface area contributed by atoms with Crippen molar-refractivity contribution < 1.29 is 4.79 Å². The van der Waals surface area contributed by atoms with Crippen LogP contribution in [0.4, 0.5) is 5.69 Å². The van der Waals surface area contributed by atoms with Gasteiger partial charge in [-0.1, -0.05) is 12.1 Å². The van der Waals surface area contributed by atoms with Crippen molar-refractivity contribution in [1.82, 2.24) is 15.1 Å². The highest BCUT2D eigenvalue weighted by Gasteiger charge is 2.13. The molecule has 0 aliphatic carbocycles. The first-order chi connectivity index (χ1) is 11.0. The van der Waals surface area contributed by atoms with Crippen molar-refractivity contribution in [2.24, 2.45) is 0 Å². The molecule has 0 spiro atoms. The molecule has 1 aromatic heterocycles. The van der Waals surface area contributed by atoms with Gasteiger partial charge in [0.1, 0.15) is 0 Å². The molecule has 0 atom stereocenters. The molecular weight excluding hydrogens is 288 g/mol. The molecular formula is C18H20N4O. The fourth-order valence-corrected chi connectivity index (χ4v) is 2.54. The Labute approximate surface area is 135 Å². The summed E-state index contributed by atoms with van der Waals surface area (Å²) in [4.78, 5) is 16.4. The van der Waals surface area contributed by atoms with Gasteiger partial charge >= 0.3 is 0 Å². The highest BCUT2D eigenvalue weighted by atomic mass is 16.2. The summed E-state index contributed by atoms with van der Waals surface area (Å²) in [7, 11) is 5.84. The number of carbonyl (C=O) groups excluding carboxylic acids is 1. The Bertz CT molecular complexity index is 820. The number of nitrogens with one attached hydrogen (secondary N) is 1. The molecule has 3 rings (SSSR count). The number of rotatable bonds is 4. The predicted molar refractivity (Wildman–Crippen MR) is 92.7 cm³/mol. The molecule has 1 N–H and O–H groups in total. The summed E-state index contributed by atoms with van der Waals surface area (Å²) in [6.07, 6.45) is 1.73. The summed E-state index contributed by atoms with van der Waals surface area (Å²) in [5.74, 6) is 0.00443. The van der Waals surface area contributed by atoms with Crippen LogP contribution in [0.15, 0.2) is 48.7 Å². The molecule has 3 aromatic rings. The number of hydrogen-bond acceptors (Lipinski definition) is 3. The van der Waals surface area contributed by atoms with Gasteiger partial charge in [-0.25, -0.2) is 0 Å². The maximum atomic E-state index is 12.6. The number of hydrogen-bond donors (Lipinski definition) is 1. The van der Waals surface area contributed by atoms with E-state index in [-0.39, 0.29) is 5.91 Å².